The van der Waals surface area contributed by atoms with Crippen LogP contribution in [0, 0.1) is 0 Å². The summed E-state index contributed by atoms with van der Waals surface area (Å²) in [4.78, 5) is 19.9. The first kappa shape index (κ1) is 11.0. The highest BCUT2D eigenvalue weighted by atomic mass is 79.9. The van der Waals surface area contributed by atoms with E-state index in [1.54, 1.807) is 30.7 Å². The molecule has 4 heteroatoms. The number of hydrogen-bond donors (Lipinski definition) is 0. The van der Waals surface area contributed by atoms with Gasteiger partial charge in [-0.15, -0.1) is 0 Å². The van der Waals surface area contributed by atoms with Crippen LogP contribution < -0.4 is 0 Å². The van der Waals surface area contributed by atoms with Gasteiger partial charge in [-0.05, 0) is 40.2 Å². The van der Waals surface area contributed by atoms with Crippen LogP contribution in [0.4, 0.5) is 0 Å². The number of pyridine rings is 2. The van der Waals surface area contributed by atoms with Gasteiger partial charge < -0.3 is 0 Å². The lowest BCUT2D eigenvalue weighted by Crippen LogP contribution is -2.04. The molecular weight excluding hydrogens is 268 g/mol. The summed E-state index contributed by atoms with van der Waals surface area (Å²) in [5.74, 6) is 0.0530. The van der Waals surface area contributed by atoms with E-state index in [0.29, 0.717) is 12.0 Å². The van der Waals surface area contributed by atoms with E-state index in [2.05, 4.69) is 25.9 Å². The highest BCUT2D eigenvalue weighted by molar-refractivity contribution is 9.10. The average molecular weight is 277 g/mol. The molecule has 3 nitrogen and oxygen atoms in total. The molecule has 0 unspecified atom stereocenters. The molecular formula is C12H9BrN2O. The van der Waals surface area contributed by atoms with Crippen LogP contribution in [0.5, 0.6) is 0 Å². The molecule has 80 valence electrons. The Hall–Kier alpha value is -1.55. The van der Waals surface area contributed by atoms with Gasteiger partial charge in [-0.1, -0.05) is 0 Å². The number of aromatic nitrogens is 2. The second-order valence-corrected chi connectivity index (χ2v) is 4.22. The zero-order valence-electron chi connectivity index (χ0n) is 8.43. The molecule has 2 aromatic heterocycles. The Labute approximate surface area is 102 Å². The van der Waals surface area contributed by atoms with Crippen molar-refractivity contribution in [1.82, 2.24) is 9.97 Å². The molecule has 0 fully saturated rings. The minimum atomic E-state index is 0.0530. The van der Waals surface area contributed by atoms with Gasteiger partial charge in [-0.2, -0.15) is 0 Å². The van der Waals surface area contributed by atoms with Crippen molar-refractivity contribution in [2.24, 2.45) is 0 Å². The molecule has 16 heavy (non-hydrogen) atoms. The quantitative estimate of drug-likeness (QED) is 0.810. The Balaban J connectivity index is 2.11. The number of hydrogen-bond acceptors (Lipinski definition) is 3. The zero-order chi connectivity index (χ0) is 11.4. The van der Waals surface area contributed by atoms with E-state index in [1.807, 2.05) is 12.1 Å². The number of nitrogens with zero attached hydrogens (tertiary/aromatic N) is 2. The smallest absolute Gasteiger partial charge is 0.168 e. The van der Waals surface area contributed by atoms with Gasteiger partial charge in [0.1, 0.15) is 0 Å². The molecule has 0 spiro atoms. The van der Waals surface area contributed by atoms with Gasteiger partial charge in [0.2, 0.25) is 0 Å². The Morgan fingerprint density at radius 3 is 2.56 bits per heavy atom. The summed E-state index contributed by atoms with van der Waals surface area (Å²) in [6, 6.07) is 7.13. The number of rotatable bonds is 3. The van der Waals surface area contributed by atoms with Crippen molar-refractivity contribution in [3.8, 4) is 0 Å². The Morgan fingerprint density at radius 2 is 1.94 bits per heavy atom. The third kappa shape index (κ3) is 2.73. The number of carbonyl (C=O) groups excluding carboxylic acids is 1. The van der Waals surface area contributed by atoms with E-state index in [1.165, 1.54) is 0 Å². The normalized spacial score (nSPS) is 10.1. The molecule has 2 rings (SSSR count). The number of carbonyl (C=O) groups is 1. The maximum atomic E-state index is 11.8. The molecule has 0 aliphatic heterocycles. The van der Waals surface area contributed by atoms with Crippen LogP contribution in [-0.2, 0) is 6.42 Å². The molecule has 2 heterocycles. The van der Waals surface area contributed by atoms with Crippen molar-refractivity contribution >= 4 is 21.7 Å². The van der Waals surface area contributed by atoms with E-state index in [9.17, 15) is 4.79 Å². The lowest BCUT2D eigenvalue weighted by molar-refractivity contribution is 0.0992. The van der Waals surface area contributed by atoms with E-state index < -0.39 is 0 Å². The molecule has 0 aliphatic carbocycles. The van der Waals surface area contributed by atoms with Gasteiger partial charge in [0.15, 0.2) is 5.78 Å². The second kappa shape index (κ2) is 4.99. The topological polar surface area (TPSA) is 42.9 Å². The minimum absolute atomic E-state index is 0.0530. The number of Topliss-reactive ketones (excluding diaryl/α,β-unsaturated/α-hetero) is 1. The predicted molar refractivity (Wildman–Crippen MR) is 64.2 cm³/mol. The van der Waals surface area contributed by atoms with Gasteiger partial charge in [-0.3, -0.25) is 14.8 Å². The Morgan fingerprint density at radius 1 is 1.19 bits per heavy atom. The van der Waals surface area contributed by atoms with E-state index in [4.69, 9.17) is 0 Å². The minimum Gasteiger partial charge on any atom is -0.294 e. The van der Waals surface area contributed by atoms with Gasteiger partial charge in [0, 0.05) is 34.3 Å². The zero-order valence-corrected chi connectivity index (χ0v) is 10.0. The fourth-order valence-electron chi connectivity index (χ4n) is 1.32. The fraction of sp³-hybridized carbons (Fsp3) is 0.0833. The molecule has 0 amide bonds. The number of halogens is 1. The summed E-state index contributed by atoms with van der Waals surface area (Å²) in [6.45, 7) is 0. The first-order valence-corrected chi connectivity index (χ1v) is 5.58. The van der Waals surface area contributed by atoms with E-state index in [-0.39, 0.29) is 5.78 Å². The summed E-state index contributed by atoms with van der Waals surface area (Å²) in [5.41, 5.74) is 1.43. The van der Waals surface area contributed by atoms with Crippen molar-refractivity contribution in [2.75, 3.05) is 0 Å². The SMILES string of the molecule is O=C(Cc1ccc(Br)cn1)c1ccncc1. The number of ketones is 1. The third-order valence-electron chi connectivity index (χ3n) is 2.13. The first-order valence-electron chi connectivity index (χ1n) is 4.79. The molecule has 0 N–H and O–H groups in total. The van der Waals surface area contributed by atoms with Crippen molar-refractivity contribution < 1.29 is 4.79 Å². The molecule has 0 aliphatic rings. The molecule has 2 aromatic rings. The summed E-state index contributed by atoms with van der Waals surface area (Å²) in [6.07, 6.45) is 5.23. The van der Waals surface area contributed by atoms with Crippen LogP contribution in [0.25, 0.3) is 0 Å². The summed E-state index contributed by atoms with van der Waals surface area (Å²) in [7, 11) is 0. The largest absolute Gasteiger partial charge is 0.294 e. The molecule has 0 radical (unpaired) electrons. The Bertz CT molecular complexity index is 482. The maximum absolute atomic E-state index is 11.8. The maximum Gasteiger partial charge on any atom is 0.168 e. The first-order chi connectivity index (χ1) is 7.75. The van der Waals surface area contributed by atoms with Crippen molar-refractivity contribution in [3.63, 3.8) is 0 Å². The van der Waals surface area contributed by atoms with Crippen molar-refractivity contribution in [1.29, 1.82) is 0 Å². The van der Waals surface area contributed by atoms with Crippen LogP contribution >= 0.6 is 15.9 Å². The lowest BCUT2D eigenvalue weighted by Gasteiger charge is -2.00. The third-order valence-corrected chi connectivity index (χ3v) is 2.60. The monoisotopic (exact) mass is 276 g/mol. The molecule has 0 saturated carbocycles. The van der Waals surface area contributed by atoms with Crippen molar-refractivity contribution in [2.45, 2.75) is 6.42 Å². The van der Waals surface area contributed by atoms with Crippen LogP contribution in [0.1, 0.15) is 16.1 Å². The molecule has 0 saturated heterocycles. The average Bonchev–Trinajstić information content (AvgIpc) is 2.33. The van der Waals surface area contributed by atoms with Gasteiger partial charge in [0.25, 0.3) is 0 Å². The van der Waals surface area contributed by atoms with Gasteiger partial charge >= 0.3 is 0 Å². The second-order valence-electron chi connectivity index (χ2n) is 3.30. The summed E-state index contributed by atoms with van der Waals surface area (Å²) >= 11 is 3.30. The van der Waals surface area contributed by atoms with Crippen LogP contribution in [0.3, 0.4) is 0 Å². The summed E-state index contributed by atoms with van der Waals surface area (Å²) in [5, 5.41) is 0. The van der Waals surface area contributed by atoms with E-state index >= 15 is 0 Å². The van der Waals surface area contributed by atoms with Crippen LogP contribution in [0.15, 0.2) is 47.3 Å². The standard InChI is InChI=1S/C12H9BrN2O/c13-10-1-2-11(15-8-10)7-12(16)9-3-5-14-6-4-9/h1-6,8H,7H2. The molecule has 0 atom stereocenters. The van der Waals surface area contributed by atoms with Crippen LogP contribution in [0.2, 0.25) is 0 Å². The van der Waals surface area contributed by atoms with Crippen molar-refractivity contribution in [3.05, 3.63) is 58.6 Å². The fourth-order valence-corrected chi connectivity index (χ4v) is 1.55. The highest BCUT2D eigenvalue weighted by Crippen LogP contribution is 2.09. The van der Waals surface area contributed by atoms with Gasteiger partial charge in [0.05, 0.1) is 6.42 Å². The lowest BCUT2D eigenvalue weighted by atomic mass is 10.1. The highest BCUT2D eigenvalue weighted by Gasteiger charge is 2.07. The van der Waals surface area contributed by atoms with Crippen LogP contribution in [-0.4, -0.2) is 15.8 Å². The van der Waals surface area contributed by atoms with Gasteiger partial charge in [-0.25, -0.2) is 0 Å². The van der Waals surface area contributed by atoms with E-state index in [0.717, 1.165) is 10.2 Å². The molecule has 0 bridgehead atoms. The molecule has 0 aromatic carbocycles. The predicted octanol–water partition coefficient (Wildman–Crippen LogP) is 2.66. The Kier molecular flexibility index (Phi) is 3.41. The summed E-state index contributed by atoms with van der Waals surface area (Å²) < 4.78 is 0.910.